The lowest BCUT2D eigenvalue weighted by molar-refractivity contribution is -0.137. The molecule has 0 amide bonds. The third-order valence-electron chi connectivity index (χ3n) is 3.51. The van der Waals surface area contributed by atoms with Gasteiger partial charge in [-0.05, 0) is 35.2 Å². The van der Waals surface area contributed by atoms with Gasteiger partial charge in [0.05, 0.1) is 12.7 Å². The zero-order valence-corrected chi connectivity index (χ0v) is 13.6. The van der Waals surface area contributed by atoms with Crippen molar-refractivity contribution in [3.63, 3.8) is 0 Å². The number of ether oxygens (including phenoxy) is 1. The molecule has 0 saturated heterocycles. The van der Waals surface area contributed by atoms with Crippen LogP contribution in [0.1, 0.15) is 31.9 Å². The first kappa shape index (κ1) is 17.2. The fraction of sp³-hybridized carbons (Fsp3) is 0.333. The maximum Gasteiger partial charge on any atom is 0.416 e. The average Bonchev–Trinajstić information content (AvgIpc) is 2.45. The van der Waals surface area contributed by atoms with E-state index in [-0.39, 0.29) is 11.2 Å². The summed E-state index contributed by atoms with van der Waals surface area (Å²) in [7, 11) is 1.34. The molecule has 0 bridgehead atoms. The van der Waals surface area contributed by atoms with E-state index in [1.165, 1.54) is 13.2 Å². The molecule has 0 unspecified atom stereocenters. The van der Waals surface area contributed by atoms with Crippen molar-refractivity contribution in [3.05, 3.63) is 53.6 Å². The van der Waals surface area contributed by atoms with Crippen LogP contribution < -0.4 is 10.1 Å². The molecule has 23 heavy (non-hydrogen) atoms. The lowest BCUT2D eigenvalue weighted by Crippen LogP contribution is -2.10. The predicted octanol–water partition coefficient (Wildman–Crippen LogP) is 5.76. The summed E-state index contributed by atoms with van der Waals surface area (Å²) in [5.41, 5.74) is 1.49. The second kappa shape index (κ2) is 6.14. The first-order valence-corrected chi connectivity index (χ1v) is 7.23. The van der Waals surface area contributed by atoms with E-state index < -0.39 is 11.7 Å². The summed E-state index contributed by atoms with van der Waals surface area (Å²) in [6.07, 6.45) is -4.42. The van der Waals surface area contributed by atoms with Crippen LogP contribution in [0.25, 0.3) is 0 Å². The van der Waals surface area contributed by atoms with Crippen LogP contribution >= 0.6 is 0 Å². The number of halogens is 3. The fourth-order valence-corrected chi connectivity index (χ4v) is 2.17. The van der Waals surface area contributed by atoms with E-state index in [0.717, 1.165) is 23.4 Å². The van der Waals surface area contributed by atoms with Crippen LogP contribution in [0.15, 0.2) is 42.5 Å². The van der Waals surface area contributed by atoms with Gasteiger partial charge in [-0.1, -0.05) is 32.9 Å². The van der Waals surface area contributed by atoms with Gasteiger partial charge in [0.25, 0.3) is 0 Å². The SMILES string of the molecule is COc1cc(Nc2ccc(C(C)(C)C)cc2)cc(C(F)(F)F)c1. The van der Waals surface area contributed by atoms with E-state index >= 15 is 0 Å². The van der Waals surface area contributed by atoms with Gasteiger partial charge in [-0.15, -0.1) is 0 Å². The van der Waals surface area contributed by atoms with Crippen molar-refractivity contribution in [1.82, 2.24) is 0 Å². The van der Waals surface area contributed by atoms with Crippen LogP contribution in [0.4, 0.5) is 24.5 Å². The fourth-order valence-electron chi connectivity index (χ4n) is 2.17. The molecule has 0 aliphatic rings. The van der Waals surface area contributed by atoms with Crippen LogP contribution in [0.2, 0.25) is 0 Å². The standard InChI is InChI=1S/C18H20F3NO/c1-17(2,3)12-5-7-14(8-6-12)22-15-9-13(18(19,20)21)10-16(11-15)23-4/h5-11,22H,1-4H3. The summed E-state index contributed by atoms with van der Waals surface area (Å²) >= 11 is 0. The molecule has 0 heterocycles. The van der Waals surface area contributed by atoms with E-state index in [1.54, 1.807) is 0 Å². The summed E-state index contributed by atoms with van der Waals surface area (Å²) in [6.45, 7) is 6.31. The Morgan fingerprint density at radius 2 is 1.43 bits per heavy atom. The molecule has 124 valence electrons. The molecule has 0 aliphatic carbocycles. The second-order valence-electron chi connectivity index (χ2n) is 6.40. The highest BCUT2D eigenvalue weighted by Crippen LogP contribution is 2.35. The minimum Gasteiger partial charge on any atom is -0.497 e. The van der Waals surface area contributed by atoms with Crippen LogP contribution in [-0.2, 0) is 11.6 Å². The monoisotopic (exact) mass is 323 g/mol. The maximum atomic E-state index is 12.9. The number of hydrogen-bond acceptors (Lipinski definition) is 2. The van der Waals surface area contributed by atoms with Crippen molar-refractivity contribution in [1.29, 1.82) is 0 Å². The normalized spacial score (nSPS) is 12.1. The van der Waals surface area contributed by atoms with Crippen molar-refractivity contribution >= 4 is 11.4 Å². The molecule has 0 atom stereocenters. The van der Waals surface area contributed by atoms with Crippen LogP contribution in [0, 0.1) is 0 Å². The number of hydrogen-bond donors (Lipinski definition) is 1. The molecule has 2 aromatic carbocycles. The van der Waals surface area contributed by atoms with Crippen molar-refractivity contribution < 1.29 is 17.9 Å². The summed E-state index contributed by atoms with van der Waals surface area (Å²) in [4.78, 5) is 0. The number of rotatable bonds is 3. The zero-order valence-electron chi connectivity index (χ0n) is 13.6. The molecule has 0 fully saturated rings. The van der Waals surface area contributed by atoms with Crippen molar-refractivity contribution in [3.8, 4) is 5.75 Å². The second-order valence-corrected chi connectivity index (χ2v) is 6.40. The van der Waals surface area contributed by atoms with Crippen molar-refractivity contribution in [2.45, 2.75) is 32.4 Å². The molecule has 2 nitrogen and oxygen atoms in total. The molecular weight excluding hydrogens is 303 g/mol. The van der Waals surface area contributed by atoms with Gasteiger partial charge in [0.15, 0.2) is 0 Å². The highest BCUT2D eigenvalue weighted by atomic mass is 19.4. The number of nitrogens with one attached hydrogen (secondary N) is 1. The van der Waals surface area contributed by atoms with Gasteiger partial charge in [-0.3, -0.25) is 0 Å². The molecule has 0 aromatic heterocycles. The number of anilines is 2. The van der Waals surface area contributed by atoms with E-state index in [2.05, 4.69) is 26.1 Å². The first-order chi connectivity index (χ1) is 10.6. The lowest BCUT2D eigenvalue weighted by Gasteiger charge is -2.19. The molecule has 0 aliphatic heterocycles. The molecular formula is C18H20F3NO. The lowest BCUT2D eigenvalue weighted by atomic mass is 9.87. The van der Waals surface area contributed by atoms with Gasteiger partial charge in [0.2, 0.25) is 0 Å². The molecule has 5 heteroatoms. The predicted molar refractivity (Wildman–Crippen MR) is 86.4 cm³/mol. The Balaban J connectivity index is 2.29. The minimum atomic E-state index is -4.42. The summed E-state index contributed by atoms with van der Waals surface area (Å²) in [5.74, 6) is 0.161. The third-order valence-corrected chi connectivity index (χ3v) is 3.51. The highest BCUT2D eigenvalue weighted by Gasteiger charge is 2.31. The van der Waals surface area contributed by atoms with E-state index in [4.69, 9.17) is 4.74 Å². The third kappa shape index (κ3) is 4.41. The van der Waals surface area contributed by atoms with Crippen LogP contribution in [-0.4, -0.2) is 7.11 Å². The smallest absolute Gasteiger partial charge is 0.416 e. The first-order valence-electron chi connectivity index (χ1n) is 7.23. The summed E-state index contributed by atoms with van der Waals surface area (Å²) < 4.78 is 43.7. The number of alkyl halides is 3. The van der Waals surface area contributed by atoms with E-state index in [1.807, 2.05) is 24.3 Å². The van der Waals surface area contributed by atoms with Crippen molar-refractivity contribution in [2.24, 2.45) is 0 Å². The molecule has 2 aromatic rings. The van der Waals surface area contributed by atoms with Gasteiger partial charge < -0.3 is 10.1 Å². The Kier molecular flexibility index (Phi) is 4.59. The average molecular weight is 323 g/mol. The van der Waals surface area contributed by atoms with E-state index in [9.17, 15) is 13.2 Å². The van der Waals surface area contributed by atoms with Crippen LogP contribution in [0.3, 0.4) is 0 Å². The number of methoxy groups -OCH3 is 1. The molecule has 0 spiro atoms. The Morgan fingerprint density at radius 1 is 0.826 bits per heavy atom. The van der Waals surface area contributed by atoms with Gasteiger partial charge in [-0.2, -0.15) is 13.2 Å². The van der Waals surface area contributed by atoms with Crippen LogP contribution in [0.5, 0.6) is 5.75 Å². The van der Waals surface area contributed by atoms with Gasteiger partial charge in [-0.25, -0.2) is 0 Å². The Bertz CT molecular complexity index is 670. The zero-order chi connectivity index (χ0) is 17.3. The van der Waals surface area contributed by atoms with E-state index in [0.29, 0.717) is 5.69 Å². The number of benzene rings is 2. The molecule has 1 N–H and O–H groups in total. The largest absolute Gasteiger partial charge is 0.497 e. The highest BCUT2D eigenvalue weighted by molar-refractivity contribution is 5.63. The Labute approximate surface area is 134 Å². The molecule has 0 radical (unpaired) electrons. The topological polar surface area (TPSA) is 21.3 Å². The Hall–Kier alpha value is -2.17. The minimum absolute atomic E-state index is 0.0257. The van der Waals surface area contributed by atoms with Gasteiger partial charge >= 0.3 is 6.18 Å². The molecule has 2 rings (SSSR count). The Morgan fingerprint density at radius 3 is 1.91 bits per heavy atom. The molecule has 0 saturated carbocycles. The quantitative estimate of drug-likeness (QED) is 0.776. The van der Waals surface area contributed by atoms with Gasteiger partial charge in [0, 0.05) is 17.4 Å². The van der Waals surface area contributed by atoms with Crippen molar-refractivity contribution in [2.75, 3.05) is 12.4 Å². The summed E-state index contributed by atoms with van der Waals surface area (Å²) in [5, 5.41) is 2.99. The maximum absolute atomic E-state index is 12.9. The summed E-state index contributed by atoms with van der Waals surface area (Å²) in [6, 6.07) is 11.2. The van der Waals surface area contributed by atoms with Gasteiger partial charge in [0.1, 0.15) is 5.75 Å².